The van der Waals surface area contributed by atoms with Gasteiger partial charge in [0.2, 0.25) is 0 Å². The zero-order chi connectivity index (χ0) is 9.47. The summed E-state index contributed by atoms with van der Waals surface area (Å²) in [4.78, 5) is 0. The van der Waals surface area contributed by atoms with Crippen LogP contribution in [0.1, 0.15) is 24.8 Å². The van der Waals surface area contributed by atoms with Crippen LogP contribution in [0.15, 0.2) is 18.2 Å². The van der Waals surface area contributed by atoms with E-state index >= 15 is 0 Å². The van der Waals surface area contributed by atoms with E-state index in [1.165, 1.54) is 12.1 Å². The van der Waals surface area contributed by atoms with Crippen LogP contribution < -0.4 is 0 Å². The highest BCUT2D eigenvalue weighted by Gasteiger charge is 2.36. The molecule has 0 radical (unpaired) electrons. The molecule has 0 heterocycles. The minimum Gasteiger partial charge on any atom is -0.504 e. The maximum absolute atomic E-state index is 9.90. The van der Waals surface area contributed by atoms with Crippen LogP contribution in [0.4, 0.5) is 0 Å². The minimum absolute atomic E-state index is 0.147. The molecular weight excluding hydrogens is 168 g/mol. The van der Waals surface area contributed by atoms with Gasteiger partial charge in [0.25, 0.3) is 0 Å². The van der Waals surface area contributed by atoms with E-state index in [-0.39, 0.29) is 11.5 Å². The van der Waals surface area contributed by atoms with Crippen LogP contribution in [0, 0.1) is 0 Å². The Morgan fingerprint density at radius 3 is 2.23 bits per heavy atom. The number of hydrogen-bond acceptors (Lipinski definition) is 3. The van der Waals surface area contributed by atoms with Crippen LogP contribution in [0.25, 0.3) is 0 Å². The third-order valence-corrected chi connectivity index (χ3v) is 2.69. The Balaban J connectivity index is 2.36. The molecule has 2 rings (SSSR count). The first-order chi connectivity index (χ1) is 6.12. The van der Waals surface area contributed by atoms with Crippen LogP contribution in [-0.4, -0.2) is 15.3 Å². The second-order valence-corrected chi connectivity index (χ2v) is 3.59. The van der Waals surface area contributed by atoms with Crippen molar-refractivity contribution in [1.82, 2.24) is 0 Å². The number of rotatable bonds is 1. The van der Waals surface area contributed by atoms with Crippen molar-refractivity contribution in [1.29, 1.82) is 0 Å². The van der Waals surface area contributed by atoms with Crippen molar-refractivity contribution in [3.8, 4) is 11.5 Å². The molecule has 13 heavy (non-hydrogen) atoms. The summed E-state index contributed by atoms with van der Waals surface area (Å²) in [6.07, 6.45) is 2.48. The van der Waals surface area contributed by atoms with E-state index in [0.29, 0.717) is 5.56 Å². The second-order valence-electron chi connectivity index (χ2n) is 3.59. The largest absolute Gasteiger partial charge is 0.504 e. The summed E-state index contributed by atoms with van der Waals surface area (Å²) in [5.74, 6) is -0.315. The third kappa shape index (κ3) is 1.25. The molecule has 0 saturated heterocycles. The maximum Gasteiger partial charge on any atom is 0.157 e. The summed E-state index contributed by atoms with van der Waals surface area (Å²) in [5, 5.41) is 28.2. The quantitative estimate of drug-likeness (QED) is 0.573. The Bertz CT molecular complexity index is 329. The molecule has 0 amide bonds. The van der Waals surface area contributed by atoms with Crippen molar-refractivity contribution in [2.24, 2.45) is 0 Å². The minimum atomic E-state index is -0.773. The number of phenolic OH excluding ortho intramolecular Hbond substituents is 2. The van der Waals surface area contributed by atoms with Gasteiger partial charge in [-0.1, -0.05) is 6.07 Å². The first-order valence-electron chi connectivity index (χ1n) is 4.37. The smallest absolute Gasteiger partial charge is 0.157 e. The van der Waals surface area contributed by atoms with E-state index in [9.17, 15) is 10.2 Å². The molecular formula is C10H12O3. The van der Waals surface area contributed by atoms with Crippen LogP contribution in [-0.2, 0) is 5.60 Å². The fourth-order valence-electron chi connectivity index (χ4n) is 1.61. The predicted octanol–water partition coefficient (Wildman–Crippen LogP) is 1.47. The van der Waals surface area contributed by atoms with Gasteiger partial charge in [0, 0.05) is 0 Å². The highest BCUT2D eigenvalue weighted by Crippen LogP contribution is 2.42. The van der Waals surface area contributed by atoms with Crippen molar-refractivity contribution in [3.05, 3.63) is 23.8 Å². The van der Waals surface area contributed by atoms with Gasteiger partial charge in [0.05, 0.1) is 5.60 Å². The van der Waals surface area contributed by atoms with Gasteiger partial charge in [-0.25, -0.2) is 0 Å². The Labute approximate surface area is 76.3 Å². The number of hydrogen-bond donors (Lipinski definition) is 3. The summed E-state index contributed by atoms with van der Waals surface area (Å²) < 4.78 is 0. The predicted molar refractivity (Wildman–Crippen MR) is 47.5 cm³/mol. The maximum atomic E-state index is 9.90. The molecule has 1 aromatic carbocycles. The van der Waals surface area contributed by atoms with Gasteiger partial charge in [-0.15, -0.1) is 0 Å². The lowest BCUT2D eigenvalue weighted by Crippen LogP contribution is -2.33. The molecule has 1 aliphatic carbocycles. The number of aliphatic hydroxyl groups is 1. The fourth-order valence-corrected chi connectivity index (χ4v) is 1.61. The van der Waals surface area contributed by atoms with E-state index in [4.69, 9.17) is 5.11 Å². The normalized spacial score (nSPS) is 19.5. The molecule has 3 N–H and O–H groups in total. The first-order valence-corrected chi connectivity index (χ1v) is 4.37. The molecule has 0 spiro atoms. The van der Waals surface area contributed by atoms with Crippen LogP contribution >= 0.6 is 0 Å². The van der Waals surface area contributed by atoms with E-state index in [1.807, 2.05) is 0 Å². The Hall–Kier alpha value is -1.22. The van der Waals surface area contributed by atoms with Gasteiger partial charge >= 0.3 is 0 Å². The van der Waals surface area contributed by atoms with Gasteiger partial charge in [-0.3, -0.25) is 0 Å². The summed E-state index contributed by atoms with van der Waals surface area (Å²) in [6, 6.07) is 4.48. The molecule has 1 aliphatic rings. The summed E-state index contributed by atoms with van der Waals surface area (Å²) in [7, 11) is 0. The van der Waals surface area contributed by atoms with Crippen LogP contribution in [0.5, 0.6) is 11.5 Å². The Morgan fingerprint density at radius 1 is 1.08 bits per heavy atom. The zero-order valence-electron chi connectivity index (χ0n) is 7.20. The molecule has 1 aromatic rings. The molecule has 0 unspecified atom stereocenters. The zero-order valence-corrected chi connectivity index (χ0v) is 7.20. The lowest BCUT2D eigenvalue weighted by molar-refractivity contribution is -0.0389. The molecule has 70 valence electrons. The van der Waals surface area contributed by atoms with E-state index < -0.39 is 5.60 Å². The molecule has 3 heteroatoms. The summed E-state index contributed by atoms with van der Waals surface area (Å²) in [5.41, 5.74) is -0.0837. The molecule has 1 saturated carbocycles. The lowest BCUT2D eigenvalue weighted by Gasteiger charge is -2.37. The topological polar surface area (TPSA) is 60.7 Å². The van der Waals surface area contributed by atoms with Crippen molar-refractivity contribution in [2.75, 3.05) is 0 Å². The average Bonchev–Trinajstić information content (AvgIpc) is 2.06. The first kappa shape index (κ1) is 8.38. The van der Waals surface area contributed by atoms with Crippen LogP contribution in [0.3, 0.4) is 0 Å². The lowest BCUT2D eigenvalue weighted by atomic mass is 9.75. The standard InChI is InChI=1S/C10H12O3/c11-8-3-2-7(6-9(8)12)10(13)4-1-5-10/h2-3,6,11-13H,1,4-5H2. The van der Waals surface area contributed by atoms with Crippen LogP contribution in [0.2, 0.25) is 0 Å². The van der Waals surface area contributed by atoms with Gasteiger partial charge in [0.15, 0.2) is 11.5 Å². The fraction of sp³-hybridized carbons (Fsp3) is 0.400. The molecule has 0 aliphatic heterocycles. The van der Waals surface area contributed by atoms with Gasteiger partial charge in [-0.2, -0.15) is 0 Å². The van der Waals surface area contributed by atoms with Gasteiger partial charge in [-0.05, 0) is 37.0 Å². The van der Waals surface area contributed by atoms with Gasteiger partial charge in [0.1, 0.15) is 0 Å². The van der Waals surface area contributed by atoms with E-state index in [0.717, 1.165) is 19.3 Å². The van der Waals surface area contributed by atoms with Crippen molar-refractivity contribution in [2.45, 2.75) is 24.9 Å². The number of benzene rings is 1. The molecule has 0 bridgehead atoms. The molecule has 3 nitrogen and oxygen atoms in total. The Kier molecular flexibility index (Phi) is 1.70. The third-order valence-electron chi connectivity index (χ3n) is 2.69. The van der Waals surface area contributed by atoms with Crippen molar-refractivity contribution < 1.29 is 15.3 Å². The molecule has 0 aromatic heterocycles. The summed E-state index contributed by atoms with van der Waals surface area (Å²) >= 11 is 0. The summed E-state index contributed by atoms with van der Waals surface area (Å²) in [6.45, 7) is 0. The number of phenols is 2. The SMILES string of the molecule is Oc1ccc(C2(O)CCC2)cc1O. The van der Waals surface area contributed by atoms with E-state index in [1.54, 1.807) is 6.07 Å². The number of aromatic hydroxyl groups is 2. The molecule has 1 fully saturated rings. The monoisotopic (exact) mass is 180 g/mol. The van der Waals surface area contributed by atoms with E-state index in [2.05, 4.69) is 0 Å². The van der Waals surface area contributed by atoms with Crippen molar-refractivity contribution >= 4 is 0 Å². The highest BCUT2D eigenvalue weighted by molar-refractivity contribution is 5.42. The second kappa shape index (κ2) is 2.64. The van der Waals surface area contributed by atoms with Gasteiger partial charge < -0.3 is 15.3 Å². The molecule has 0 atom stereocenters. The average molecular weight is 180 g/mol. The highest BCUT2D eigenvalue weighted by atomic mass is 16.3. The van der Waals surface area contributed by atoms with Crippen molar-refractivity contribution in [3.63, 3.8) is 0 Å². The Morgan fingerprint density at radius 2 is 1.77 bits per heavy atom.